The van der Waals surface area contributed by atoms with Gasteiger partial charge in [0.25, 0.3) is 0 Å². The van der Waals surface area contributed by atoms with E-state index in [4.69, 9.17) is 0 Å². The normalized spacial score (nSPS) is 12.0. The predicted molar refractivity (Wildman–Crippen MR) is 221 cm³/mol. The predicted octanol–water partition coefficient (Wildman–Crippen LogP) is 14.9. The molecule has 11 rings (SSSR count). The summed E-state index contributed by atoms with van der Waals surface area (Å²) in [5.74, 6) is 0. The molecule has 0 unspecified atom stereocenters. The second-order valence-electron chi connectivity index (χ2n) is 13.2. The maximum absolute atomic E-state index is 2.44. The van der Waals surface area contributed by atoms with Crippen LogP contribution in [-0.2, 0) is 0 Å². The van der Waals surface area contributed by atoms with Crippen LogP contribution in [0, 0.1) is 0 Å². The quantitative estimate of drug-likeness (QED) is 0.164. The molecule has 0 N–H and O–H groups in total. The minimum absolute atomic E-state index is 1.23. The van der Waals surface area contributed by atoms with E-state index in [-0.39, 0.29) is 0 Å². The number of hydrogen-bond acceptors (Lipinski definition) is 2. The van der Waals surface area contributed by atoms with Gasteiger partial charge in [-0.05, 0) is 78.5 Å². The Morgan fingerprint density at radius 1 is 0.280 bits per heavy atom. The van der Waals surface area contributed by atoms with Crippen LogP contribution in [-0.4, -0.2) is 0 Å². The molecule has 0 atom stereocenters. The molecule has 2 heterocycles. The first-order valence-corrected chi connectivity index (χ1v) is 18.7. The maximum Gasteiger partial charge on any atom is 0.0440 e. The van der Waals surface area contributed by atoms with Gasteiger partial charge in [-0.2, -0.15) is 0 Å². The van der Waals surface area contributed by atoms with E-state index < -0.39 is 0 Å². The number of rotatable bonds is 3. The van der Waals surface area contributed by atoms with Gasteiger partial charge < -0.3 is 0 Å². The van der Waals surface area contributed by atoms with Crippen molar-refractivity contribution in [2.45, 2.75) is 0 Å². The largest absolute Gasteiger partial charge is 0.135 e. The van der Waals surface area contributed by atoms with E-state index >= 15 is 0 Å². The van der Waals surface area contributed by atoms with Gasteiger partial charge in [-0.15, -0.1) is 22.7 Å². The van der Waals surface area contributed by atoms with E-state index in [2.05, 4.69) is 170 Å². The van der Waals surface area contributed by atoms with Gasteiger partial charge in [0.05, 0.1) is 0 Å². The molecule has 232 valence electrons. The zero-order chi connectivity index (χ0) is 32.8. The first kappa shape index (κ1) is 28.1. The van der Waals surface area contributed by atoms with Crippen molar-refractivity contribution in [1.82, 2.24) is 0 Å². The van der Waals surface area contributed by atoms with Crippen molar-refractivity contribution in [3.05, 3.63) is 170 Å². The molecule has 0 saturated carbocycles. The van der Waals surface area contributed by atoms with E-state index in [1.54, 1.807) is 0 Å². The lowest BCUT2D eigenvalue weighted by atomic mass is 9.85. The number of benzene rings is 9. The molecule has 2 heteroatoms. The Labute approximate surface area is 297 Å². The van der Waals surface area contributed by atoms with Crippen LogP contribution in [0.25, 0.3) is 106 Å². The van der Waals surface area contributed by atoms with Gasteiger partial charge in [0.1, 0.15) is 0 Å². The van der Waals surface area contributed by atoms with Gasteiger partial charge in [-0.25, -0.2) is 0 Å². The molecule has 0 aliphatic rings. The van der Waals surface area contributed by atoms with Crippen LogP contribution in [0.1, 0.15) is 0 Å². The van der Waals surface area contributed by atoms with E-state index in [1.807, 2.05) is 22.7 Å². The fourth-order valence-corrected chi connectivity index (χ4v) is 10.6. The van der Waals surface area contributed by atoms with Crippen molar-refractivity contribution < 1.29 is 0 Å². The molecule has 9 aromatic carbocycles. The summed E-state index contributed by atoms with van der Waals surface area (Å²) in [6, 6.07) is 62.9. The van der Waals surface area contributed by atoms with Crippen molar-refractivity contribution in [3.8, 4) is 33.4 Å². The minimum atomic E-state index is 1.23. The highest BCUT2D eigenvalue weighted by molar-refractivity contribution is 7.28. The van der Waals surface area contributed by atoms with Gasteiger partial charge in [0.15, 0.2) is 0 Å². The molecular formula is C48H28S2. The summed E-state index contributed by atoms with van der Waals surface area (Å²) in [6.07, 6.45) is 0. The third-order valence-corrected chi connectivity index (χ3v) is 12.8. The van der Waals surface area contributed by atoms with Gasteiger partial charge in [-0.3, -0.25) is 0 Å². The fourth-order valence-electron chi connectivity index (χ4n) is 8.22. The number of fused-ring (bicyclic) bond motifs is 11. The summed E-state index contributed by atoms with van der Waals surface area (Å²) in [6.45, 7) is 0. The van der Waals surface area contributed by atoms with E-state index in [0.717, 1.165) is 0 Å². The van der Waals surface area contributed by atoms with E-state index in [9.17, 15) is 0 Å². The van der Waals surface area contributed by atoms with Gasteiger partial charge >= 0.3 is 0 Å². The second-order valence-corrected chi connectivity index (χ2v) is 15.3. The summed E-state index contributed by atoms with van der Waals surface area (Å²) in [7, 11) is 0. The molecular weight excluding hydrogens is 641 g/mol. The van der Waals surface area contributed by atoms with Crippen LogP contribution < -0.4 is 0 Å². The molecule has 2 aromatic heterocycles. The summed E-state index contributed by atoms with van der Waals surface area (Å²) < 4.78 is 5.42. The fraction of sp³-hybridized carbons (Fsp3) is 0. The molecule has 0 radical (unpaired) electrons. The maximum atomic E-state index is 2.44. The lowest BCUT2D eigenvalue weighted by molar-refractivity contribution is 1.61. The molecule has 0 amide bonds. The summed E-state index contributed by atoms with van der Waals surface area (Å²) in [4.78, 5) is 0. The zero-order valence-corrected chi connectivity index (χ0v) is 28.6. The summed E-state index contributed by atoms with van der Waals surface area (Å²) >= 11 is 3.84. The first-order valence-electron chi connectivity index (χ1n) is 17.1. The molecule has 0 fully saturated rings. The highest BCUT2D eigenvalue weighted by Crippen LogP contribution is 2.48. The number of thiophene rings is 2. The monoisotopic (exact) mass is 668 g/mol. The smallest absolute Gasteiger partial charge is 0.0440 e. The Kier molecular flexibility index (Phi) is 6.09. The molecule has 0 aliphatic carbocycles. The Morgan fingerprint density at radius 3 is 1.54 bits per heavy atom. The third kappa shape index (κ3) is 4.10. The molecule has 0 nitrogen and oxygen atoms in total. The van der Waals surface area contributed by atoms with Crippen molar-refractivity contribution in [2.24, 2.45) is 0 Å². The van der Waals surface area contributed by atoms with Crippen molar-refractivity contribution in [3.63, 3.8) is 0 Å². The lowest BCUT2D eigenvalue weighted by Crippen LogP contribution is -1.91. The first-order chi connectivity index (χ1) is 24.8. The molecule has 0 bridgehead atoms. The Balaban J connectivity index is 1.14. The van der Waals surface area contributed by atoms with Crippen molar-refractivity contribution in [1.29, 1.82) is 0 Å². The van der Waals surface area contributed by atoms with Crippen LogP contribution in [0.15, 0.2) is 170 Å². The SMILES string of the molecule is c1ccc(-c2ccc(-c3c4ccccc4c(-c4ccc5c(c4)sc4ccc6ccc7c8ccccc8sc7c6c45)c4ccccc34)cc2)cc1. The van der Waals surface area contributed by atoms with Crippen LogP contribution in [0.5, 0.6) is 0 Å². The van der Waals surface area contributed by atoms with E-state index in [1.165, 1.54) is 106 Å². The summed E-state index contributed by atoms with van der Waals surface area (Å²) in [5, 5.41) is 13.3. The van der Waals surface area contributed by atoms with Crippen molar-refractivity contribution >= 4 is 95.3 Å². The summed E-state index contributed by atoms with van der Waals surface area (Å²) in [5.41, 5.74) is 7.57. The molecule has 0 saturated heterocycles. The van der Waals surface area contributed by atoms with E-state index in [0.29, 0.717) is 0 Å². The zero-order valence-electron chi connectivity index (χ0n) is 27.0. The number of hydrogen-bond donors (Lipinski definition) is 0. The molecule has 50 heavy (non-hydrogen) atoms. The van der Waals surface area contributed by atoms with Gasteiger partial charge in [0, 0.05) is 45.7 Å². The second kappa shape index (κ2) is 10.9. The van der Waals surface area contributed by atoms with Crippen LogP contribution in [0.4, 0.5) is 0 Å². The van der Waals surface area contributed by atoms with Gasteiger partial charge in [0.2, 0.25) is 0 Å². The van der Waals surface area contributed by atoms with Crippen molar-refractivity contribution in [2.75, 3.05) is 0 Å². The molecule has 0 aliphatic heterocycles. The molecule has 11 aromatic rings. The molecule has 0 spiro atoms. The average Bonchev–Trinajstić information content (AvgIpc) is 3.75. The highest BCUT2D eigenvalue weighted by Gasteiger charge is 2.19. The third-order valence-electron chi connectivity index (χ3n) is 10.5. The topological polar surface area (TPSA) is 0 Å². The Bertz CT molecular complexity index is 3070. The van der Waals surface area contributed by atoms with Crippen LogP contribution in [0.2, 0.25) is 0 Å². The Morgan fingerprint density at radius 2 is 0.820 bits per heavy atom. The average molecular weight is 669 g/mol. The minimum Gasteiger partial charge on any atom is -0.135 e. The highest BCUT2D eigenvalue weighted by atomic mass is 32.1. The lowest BCUT2D eigenvalue weighted by Gasteiger charge is -2.18. The van der Waals surface area contributed by atoms with Crippen LogP contribution >= 0.6 is 22.7 Å². The Hall–Kier alpha value is -5.80. The standard InChI is InChI=1S/C48H28S2/c1-2-10-29(11-3-1)30-18-20-31(21-19-30)44-35-13-4-6-15-37(35)45(38-16-7-5-14-36(38)44)33-23-26-40-43(28-33)49-42-27-24-32-22-25-39-34-12-8-9-17-41(34)50-48(39)46(32)47(40)42/h1-28H. The van der Waals surface area contributed by atoms with Crippen LogP contribution in [0.3, 0.4) is 0 Å². The van der Waals surface area contributed by atoms with Gasteiger partial charge in [-0.1, -0.05) is 152 Å².